The Labute approximate surface area is 241 Å². The lowest BCUT2D eigenvalue weighted by atomic mass is 10.1. The molecule has 0 radical (unpaired) electrons. The van der Waals surface area contributed by atoms with E-state index in [1.807, 2.05) is 6.92 Å². The van der Waals surface area contributed by atoms with E-state index in [1.54, 1.807) is 32.0 Å². The molecule has 0 saturated carbocycles. The minimum atomic E-state index is -4.87. The summed E-state index contributed by atoms with van der Waals surface area (Å²) >= 11 is 18.3. The van der Waals surface area contributed by atoms with Crippen LogP contribution in [0.2, 0.25) is 15.1 Å². The topological polar surface area (TPSA) is 86.8 Å². The second kappa shape index (κ2) is 13.4. The number of halogens is 6. The van der Waals surface area contributed by atoms with Crippen molar-refractivity contribution in [3.05, 3.63) is 62.6 Å². The molecule has 14 heteroatoms. The zero-order chi connectivity index (χ0) is 29.7. The Kier molecular flexibility index (Phi) is 11.4. The largest absolute Gasteiger partial charge is 0.417 e. The van der Waals surface area contributed by atoms with Crippen molar-refractivity contribution in [3.63, 3.8) is 0 Å². The van der Waals surface area contributed by atoms with Crippen molar-refractivity contribution in [2.24, 2.45) is 0 Å². The van der Waals surface area contributed by atoms with Gasteiger partial charge in [0, 0.05) is 28.2 Å². The maximum absolute atomic E-state index is 13.7. The van der Waals surface area contributed by atoms with Crippen LogP contribution in [0.4, 0.5) is 18.9 Å². The lowest BCUT2D eigenvalue weighted by Gasteiger charge is -2.34. The van der Waals surface area contributed by atoms with E-state index in [9.17, 15) is 31.2 Å². The van der Waals surface area contributed by atoms with Gasteiger partial charge < -0.3 is 10.2 Å². The number of benzene rings is 2. The average molecular weight is 631 g/mol. The number of hydrogen-bond acceptors (Lipinski definition) is 4. The van der Waals surface area contributed by atoms with E-state index in [4.69, 9.17) is 34.8 Å². The molecule has 7 nitrogen and oxygen atoms in total. The van der Waals surface area contributed by atoms with Crippen molar-refractivity contribution in [1.29, 1.82) is 0 Å². The van der Waals surface area contributed by atoms with Gasteiger partial charge in [0.2, 0.25) is 21.8 Å². The molecule has 0 aromatic heterocycles. The van der Waals surface area contributed by atoms with Crippen molar-refractivity contribution in [2.75, 3.05) is 17.1 Å². The first-order chi connectivity index (χ1) is 18.0. The number of rotatable bonds is 11. The smallest absolute Gasteiger partial charge is 0.352 e. The van der Waals surface area contributed by atoms with Crippen LogP contribution >= 0.6 is 34.8 Å². The zero-order valence-electron chi connectivity index (χ0n) is 21.7. The first-order valence-corrected chi connectivity index (χ1v) is 14.9. The number of amides is 2. The molecule has 0 fully saturated rings. The molecule has 216 valence electrons. The van der Waals surface area contributed by atoms with Crippen molar-refractivity contribution < 1.29 is 31.2 Å². The van der Waals surface area contributed by atoms with Crippen molar-refractivity contribution in [3.8, 4) is 0 Å². The maximum atomic E-state index is 13.7. The summed E-state index contributed by atoms with van der Waals surface area (Å²) in [7, 11) is -4.26. The number of alkyl halides is 3. The molecule has 2 rings (SSSR count). The van der Waals surface area contributed by atoms with Gasteiger partial charge >= 0.3 is 6.18 Å². The quantitative estimate of drug-likeness (QED) is 0.323. The molecule has 0 aliphatic carbocycles. The maximum Gasteiger partial charge on any atom is 0.417 e. The Morgan fingerprint density at radius 3 is 2.08 bits per heavy atom. The second-order valence-electron chi connectivity index (χ2n) is 8.90. The fourth-order valence-electron chi connectivity index (χ4n) is 3.71. The standard InChI is InChI=1S/C25H29Cl3F3N3O4S/c1-5-15(3)32-24(36)22(6-2)33(13-17-19(26)8-7-9-20(17)27)23(35)14-34(39(4,37)38)16-10-11-21(28)18(12-16)25(29,30)31/h7-12,15,22H,5-6,13-14H2,1-4H3,(H,32,36). The fourth-order valence-corrected chi connectivity index (χ4v) is 5.30. The SMILES string of the molecule is CCC(C)NC(=O)C(CC)N(Cc1c(Cl)cccc1Cl)C(=O)CN(c1ccc(Cl)c(C(F)(F)F)c1)S(C)(=O)=O. The summed E-state index contributed by atoms with van der Waals surface area (Å²) in [5, 5.41) is 2.60. The number of anilines is 1. The Balaban J connectivity index is 2.58. The highest BCUT2D eigenvalue weighted by molar-refractivity contribution is 7.92. The van der Waals surface area contributed by atoms with Crippen molar-refractivity contribution >= 4 is 62.3 Å². The molecule has 0 spiro atoms. The van der Waals surface area contributed by atoms with Gasteiger partial charge in [0.1, 0.15) is 12.6 Å². The van der Waals surface area contributed by atoms with Crippen molar-refractivity contribution in [1.82, 2.24) is 10.2 Å². The summed E-state index contributed by atoms with van der Waals surface area (Å²) in [6, 6.07) is 5.93. The summed E-state index contributed by atoms with van der Waals surface area (Å²) in [4.78, 5) is 28.0. The lowest BCUT2D eigenvalue weighted by Crippen LogP contribution is -2.53. The molecule has 2 atom stereocenters. The fraction of sp³-hybridized carbons (Fsp3) is 0.440. The number of carbonyl (C=O) groups excluding carboxylic acids is 2. The van der Waals surface area contributed by atoms with Crippen LogP contribution in [-0.4, -0.2) is 50.0 Å². The van der Waals surface area contributed by atoms with Gasteiger partial charge in [0.15, 0.2) is 0 Å². The van der Waals surface area contributed by atoms with E-state index >= 15 is 0 Å². The summed E-state index contributed by atoms with van der Waals surface area (Å²) < 4.78 is 66.3. The number of hydrogen-bond donors (Lipinski definition) is 1. The van der Waals surface area contributed by atoms with E-state index in [-0.39, 0.29) is 29.1 Å². The number of sulfonamides is 1. The van der Waals surface area contributed by atoms with Gasteiger partial charge in [-0.05, 0) is 50.1 Å². The normalized spacial score (nSPS) is 13.5. The minimum Gasteiger partial charge on any atom is -0.352 e. The lowest BCUT2D eigenvalue weighted by molar-refractivity contribution is -0.140. The molecule has 0 aliphatic rings. The Bertz CT molecular complexity index is 1290. The highest BCUT2D eigenvalue weighted by Crippen LogP contribution is 2.37. The summed E-state index contributed by atoms with van der Waals surface area (Å²) in [5.41, 5.74) is -1.36. The second-order valence-corrected chi connectivity index (χ2v) is 12.0. The molecule has 39 heavy (non-hydrogen) atoms. The predicted molar refractivity (Wildman–Crippen MR) is 148 cm³/mol. The number of nitrogens with zero attached hydrogens (tertiary/aromatic N) is 2. The molecule has 2 aromatic rings. The van der Waals surface area contributed by atoms with Crippen LogP contribution in [0.3, 0.4) is 0 Å². The van der Waals surface area contributed by atoms with Crippen LogP contribution < -0.4 is 9.62 Å². The molecular weight excluding hydrogens is 602 g/mol. The van der Waals surface area contributed by atoms with Crippen LogP contribution in [0.5, 0.6) is 0 Å². The third-order valence-corrected chi connectivity index (χ3v) is 8.18. The average Bonchev–Trinajstić information content (AvgIpc) is 2.83. The Hall–Kier alpha value is -2.21. The minimum absolute atomic E-state index is 0.147. The third-order valence-electron chi connectivity index (χ3n) is 6.00. The van der Waals surface area contributed by atoms with Crippen LogP contribution in [0, 0.1) is 0 Å². The van der Waals surface area contributed by atoms with E-state index in [0.717, 1.165) is 23.3 Å². The van der Waals surface area contributed by atoms with Crippen LogP contribution in [0.25, 0.3) is 0 Å². The summed E-state index contributed by atoms with van der Waals surface area (Å²) in [6.07, 6.45) is -3.35. The molecular formula is C25H29Cl3F3N3O4S. The van der Waals surface area contributed by atoms with E-state index in [0.29, 0.717) is 22.4 Å². The first-order valence-electron chi connectivity index (χ1n) is 11.9. The Morgan fingerprint density at radius 1 is 1.00 bits per heavy atom. The molecule has 0 bridgehead atoms. The van der Waals surface area contributed by atoms with Gasteiger partial charge in [-0.2, -0.15) is 13.2 Å². The van der Waals surface area contributed by atoms with E-state index < -0.39 is 56.9 Å². The summed E-state index contributed by atoms with van der Waals surface area (Å²) in [6.45, 7) is 4.16. The molecule has 0 saturated heterocycles. The third kappa shape index (κ3) is 8.64. The molecule has 2 unspecified atom stereocenters. The van der Waals surface area contributed by atoms with Gasteiger partial charge in [-0.1, -0.05) is 54.7 Å². The van der Waals surface area contributed by atoms with Gasteiger partial charge in [0.25, 0.3) is 0 Å². The predicted octanol–water partition coefficient (Wildman–Crippen LogP) is 6.15. The van der Waals surface area contributed by atoms with Crippen molar-refractivity contribution in [2.45, 2.75) is 58.4 Å². The summed E-state index contributed by atoms with van der Waals surface area (Å²) in [5.74, 6) is -1.34. The molecule has 1 N–H and O–H groups in total. The van der Waals surface area contributed by atoms with Crippen LogP contribution in [-0.2, 0) is 32.3 Å². The molecule has 0 heterocycles. The number of carbonyl (C=O) groups is 2. The van der Waals surface area contributed by atoms with Gasteiger partial charge in [-0.15, -0.1) is 0 Å². The van der Waals surface area contributed by atoms with Crippen LogP contribution in [0.1, 0.15) is 44.7 Å². The number of nitrogens with one attached hydrogen (secondary N) is 1. The highest BCUT2D eigenvalue weighted by atomic mass is 35.5. The molecule has 0 aliphatic heterocycles. The molecule has 2 amide bonds. The van der Waals surface area contributed by atoms with E-state index in [2.05, 4.69) is 5.32 Å². The van der Waals surface area contributed by atoms with E-state index in [1.165, 1.54) is 0 Å². The Morgan fingerprint density at radius 2 is 1.59 bits per heavy atom. The first kappa shape index (κ1) is 33.0. The van der Waals surface area contributed by atoms with Gasteiger partial charge in [-0.3, -0.25) is 13.9 Å². The van der Waals surface area contributed by atoms with Crippen LogP contribution in [0.15, 0.2) is 36.4 Å². The molecule has 2 aromatic carbocycles. The van der Waals surface area contributed by atoms with Gasteiger partial charge in [0.05, 0.1) is 22.5 Å². The highest BCUT2D eigenvalue weighted by Gasteiger charge is 2.36. The zero-order valence-corrected chi connectivity index (χ0v) is 24.7. The monoisotopic (exact) mass is 629 g/mol. The van der Waals surface area contributed by atoms with Gasteiger partial charge in [-0.25, -0.2) is 8.42 Å².